The lowest BCUT2D eigenvalue weighted by atomic mass is 9.85. The van der Waals surface area contributed by atoms with Crippen LogP contribution in [-0.2, 0) is 10.2 Å². The van der Waals surface area contributed by atoms with Crippen LogP contribution in [0, 0.1) is 0 Å². The van der Waals surface area contributed by atoms with E-state index in [0.717, 1.165) is 5.69 Å². The molecule has 2 rings (SSSR count). The number of hydrogen-bond donors (Lipinski definition) is 2. The van der Waals surface area contributed by atoms with Gasteiger partial charge >= 0.3 is 0 Å². The second-order valence-corrected chi connectivity index (χ2v) is 3.78. The molecule has 1 aliphatic rings. The zero-order valence-corrected chi connectivity index (χ0v) is 7.59. The third kappa shape index (κ3) is 0.932. The normalized spacial score (nSPS) is 18.2. The monoisotopic (exact) mass is 177 g/mol. The van der Waals surface area contributed by atoms with E-state index in [1.807, 2.05) is 0 Å². The molecule has 0 spiro atoms. The Bertz CT molecular complexity index is 383. The van der Waals surface area contributed by atoms with Gasteiger partial charge in [-0.05, 0) is 26.0 Å². The first kappa shape index (κ1) is 8.10. The van der Waals surface area contributed by atoms with Crippen LogP contribution in [0.1, 0.15) is 19.4 Å². The van der Waals surface area contributed by atoms with E-state index >= 15 is 0 Å². The largest absolute Gasteiger partial charge is 0.508 e. The Kier molecular flexibility index (Phi) is 1.40. The number of anilines is 1. The second-order valence-electron chi connectivity index (χ2n) is 3.78. The van der Waals surface area contributed by atoms with E-state index in [2.05, 4.69) is 5.32 Å². The van der Waals surface area contributed by atoms with Crippen LogP contribution in [0.4, 0.5) is 5.69 Å². The second kappa shape index (κ2) is 2.25. The van der Waals surface area contributed by atoms with Gasteiger partial charge < -0.3 is 10.4 Å². The quantitative estimate of drug-likeness (QED) is 0.632. The van der Waals surface area contributed by atoms with Crippen molar-refractivity contribution >= 4 is 11.6 Å². The zero-order valence-electron chi connectivity index (χ0n) is 7.59. The zero-order chi connectivity index (χ0) is 9.64. The van der Waals surface area contributed by atoms with Crippen LogP contribution < -0.4 is 5.32 Å². The summed E-state index contributed by atoms with van der Waals surface area (Å²) >= 11 is 0. The van der Waals surface area contributed by atoms with Gasteiger partial charge in [0.2, 0.25) is 5.91 Å². The Balaban J connectivity index is 2.70. The molecule has 0 radical (unpaired) electrons. The van der Waals surface area contributed by atoms with Gasteiger partial charge in [0, 0.05) is 11.3 Å². The summed E-state index contributed by atoms with van der Waals surface area (Å²) in [4.78, 5) is 11.5. The summed E-state index contributed by atoms with van der Waals surface area (Å²) in [6.45, 7) is 3.60. The molecule has 0 fully saturated rings. The van der Waals surface area contributed by atoms with E-state index in [-0.39, 0.29) is 11.7 Å². The van der Waals surface area contributed by atoms with Gasteiger partial charge in [-0.1, -0.05) is 6.07 Å². The molecule has 1 aliphatic heterocycles. The minimum Gasteiger partial charge on any atom is -0.508 e. The molecule has 1 amide bonds. The highest BCUT2D eigenvalue weighted by Crippen LogP contribution is 2.42. The molecule has 0 saturated carbocycles. The topological polar surface area (TPSA) is 49.3 Å². The highest BCUT2D eigenvalue weighted by Gasteiger charge is 2.40. The number of rotatable bonds is 0. The molecular formula is C10H11NO2. The van der Waals surface area contributed by atoms with Crippen molar-refractivity contribution in [1.29, 1.82) is 0 Å². The summed E-state index contributed by atoms with van der Waals surface area (Å²) < 4.78 is 0. The van der Waals surface area contributed by atoms with E-state index in [1.165, 1.54) is 0 Å². The molecule has 68 valence electrons. The first-order valence-corrected chi connectivity index (χ1v) is 4.17. The van der Waals surface area contributed by atoms with Crippen molar-refractivity contribution in [1.82, 2.24) is 0 Å². The number of aromatic hydroxyl groups is 1. The number of nitrogens with one attached hydrogen (secondary N) is 1. The number of benzene rings is 1. The number of fused-ring (bicyclic) bond motifs is 1. The molecule has 1 heterocycles. The highest BCUT2D eigenvalue weighted by molar-refractivity contribution is 6.06. The van der Waals surface area contributed by atoms with Gasteiger partial charge in [0.15, 0.2) is 0 Å². The molecule has 0 atom stereocenters. The van der Waals surface area contributed by atoms with E-state index in [9.17, 15) is 9.90 Å². The van der Waals surface area contributed by atoms with Gasteiger partial charge in [-0.3, -0.25) is 4.79 Å². The summed E-state index contributed by atoms with van der Waals surface area (Å²) in [5.74, 6) is 0.116. The molecule has 13 heavy (non-hydrogen) atoms. The minimum absolute atomic E-state index is 0.0657. The van der Waals surface area contributed by atoms with Gasteiger partial charge in [-0.2, -0.15) is 0 Å². The molecule has 0 unspecified atom stereocenters. The number of carbonyl (C=O) groups excluding carboxylic acids is 1. The summed E-state index contributed by atoms with van der Waals surface area (Å²) in [7, 11) is 0. The number of phenols is 1. The van der Waals surface area contributed by atoms with Gasteiger partial charge in [0.05, 0.1) is 5.41 Å². The Hall–Kier alpha value is -1.51. The van der Waals surface area contributed by atoms with Crippen molar-refractivity contribution < 1.29 is 9.90 Å². The molecule has 2 N–H and O–H groups in total. The van der Waals surface area contributed by atoms with Crippen LogP contribution in [0.2, 0.25) is 0 Å². The van der Waals surface area contributed by atoms with E-state index in [0.29, 0.717) is 5.56 Å². The third-order valence-corrected chi connectivity index (χ3v) is 2.48. The van der Waals surface area contributed by atoms with Crippen molar-refractivity contribution in [3.8, 4) is 5.75 Å². The lowest BCUT2D eigenvalue weighted by Crippen LogP contribution is -2.26. The maximum atomic E-state index is 11.5. The Morgan fingerprint density at radius 2 is 2.08 bits per heavy atom. The SMILES string of the molecule is CC1(C)C(=O)Nc2cccc(O)c21. The molecular weight excluding hydrogens is 166 g/mol. The highest BCUT2D eigenvalue weighted by atomic mass is 16.3. The molecule has 0 saturated heterocycles. The van der Waals surface area contributed by atoms with Crippen molar-refractivity contribution in [3.05, 3.63) is 23.8 Å². The lowest BCUT2D eigenvalue weighted by molar-refractivity contribution is -0.119. The molecule has 0 aromatic heterocycles. The fourth-order valence-corrected chi connectivity index (χ4v) is 1.69. The van der Waals surface area contributed by atoms with Crippen LogP contribution in [-0.4, -0.2) is 11.0 Å². The number of hydrogen-bond acceptors (Lipinski definition) is 2. The van der Waals surface area contributed by atoms with Gasteiger partial charge in [-0.25, -0.2) is 0 Å². The Labute approximate surface area is 76.4 Å². The van der Waals surface area contributed by atoms with Crippen LogP contribution >= 0.6 is 0 Å². The minimum atomic E-state index is -0.624. The number of amides is 1. The van der Waals surface area contributed by atoms with Gasteiger partial charge in [-0.15, -0.1) is 0 Å². The van der Waals surface area contributed by atoms with Crippen molar-refractivity contribution in [2.45, 2.75) is 19.3 Å². The molecule has 3 nitrogen and oxygen atoms in total. The van der Waals surface area contributed by atoms with Crippen molar-refractivity contribution in [2.24, 2.45) is 0 Å². The fourth-order valence-electron chi connectivity index (χ4n) is 1.69. The van der Waals surface area contributed by atoms with Crippen LogP contribution in [0.5, 0.6) is 5.75 Å². The van der Waals surface area contributed by atoms with Crippen LogP contribution in [0.25, 0.3) is 0 Å². The maximum Gasteiger partial charge on any atom is 0.234 e. The first-order valence-electron chi connectivity index (χ1n) is 4.17. The van der Waals surface area contributed by atoms with Gasteiger partial charge in [0.1, 0.15) is 5.75 Å². The van der Waals surface area contributed by atoms with E-state index in [4.69, 9.17) is 0 Å². The predicted octanol–water partition coefficient (Wildman–Crippen LogP) is 1.62. The molecule has 0 aliphatic carbocycles. The Morgan fingerprint density at radius 3 is 2.69 bits per heavy atom. The standard InChI is InChI=1S/C10H11NO2/c1-10(2)8-6(11-9(10)13)4-3-5-7(8)12/h3-5,12H,1-2H3,(H,11,13). The third-order valence-electron chi connectivity index (χ3n) is 2.48. The number of carbonyl (C=O) groups is 1. The summed E-state index contributed by atoms with van der Waals surface area (Å²) in [6, 6.07) is 5.11. The Morgan fingerprint density at radius 1 is 1.38 bits per heavy atom. The summed E-state index contributed by atoms with van der Waals surface area (Å²) in [5, 5.41) is 12.3. The summed E-state index contributed by atoms with van der Waals surface area (Å²) in [5.41, 5.74) is 0.788. The smallest absolute Gasteiger partial charge is 0.234 e. The van der Waals surface area contributed by atoms with E-state index in [1.54, 1.807) is 32.0 Å². The average molecular weight is 177 g/mol. The number of phenolic OH excluding ortho intramolecular Hbond substituents is 1. The van der Waals surface area contributed by atoms with Crippen molar-refractivity contribution in [3.63, 3.8) is 0 Å². The average Bonchev–Trinajstić information content (AvgIpc) is 2.24. The maximum absolute atomic E-state index is 11.5. The first-order chi connectivity index (χ1) is 6.03. The fraction of sp³-hybridized carbons (Fsp3) is 0.300. The molecule has 1 aromatic rings. The van der Waals surface area contributed by atoms with Crippen LogP contribution in [0.15, 0.2) is 18.2 Å². The molecule has 0 bridgehead atoms. The van der Waals surface area contributed by atoms with Crippen molar-refractivity contribution in [2.75, 3.05) is 5.32 Å². The van der Waals surface area contributed by atoms with Gasteiger partial charge in [0.25, 0.3) is 0 Å². The molecule has 1 aromatic carbocycles. The summed E-state index contributed by atoms with van der Waals surface area (Å²) in [6.07, 6.45) is 0. The molecule has 3 heteroatoms. The van der Waals surface area contributed by atoms with E-state index < -0.39 is 5.41 Å². The predicted molar refractivity (Wildman–Crippen MR) is 49.8 cm³/mol. The van der Waals surface area contributed by atoms with Crippen LogP contribution in [0.3, 0.4) is 0 Å². The lowest BCUT2D eigenvalue weighted by Gasteiger charge is -2.15.